The second kappa shape index (κ2) is 4.63. The predicted molar refractivity (Wildman–Crippen MR) is 62.5 cm³/mol. The Morgan fingerprint density at radius 3 is 2.00 bits per heavy atom. The summed E-state index contributed by atoms with van der Waals surface area (Å²) in [6.45, 7) is 0. The second-order valence-electron chi connectivity index (χ2n) is 3.55. The molecular weight excluding hydrogens is 241 g/mol. The number of aromatic nitrogens is 1. The minimum absolute atomic E-state index is 0.369. The standard InChI is InChI=1S/C12H10FNO2S/c13-17(15,16)12(10-4-2-1-3-5-10)11-6-8-14-9-7-11/h1-9,12H. The molecule has 88 valence electrons. The Morgan fingerprint density at radius 2 is 1.47 bits per heavy atom. The number of hydrogen-bond acceptors (Lipinski definition) is 3. The molecule has 0 aliphatic heterocycles. The Bertz CT molecular complexity index is 545. The van der Waals surface area contributed by atoms with Gasteiger partial charge in [0.1, 0.15) is 5.25 Å². The molecule has 1 aromatic carbocycles. The first-order valence-corrected chi connectivity index (χ1v) is 6.42. The molecule has 0 saturated heterocycles. The van der Waals surface area contributed by atoms with Gasteiger partial charge < -0.3 is 0 Å². The number of nitrogens with zero attached hydrogens (tertiary/aromatic N) is 1. The third kappa shape index (κ3) is 2.68. The Morgan fingerprint density at radius 1 is 0.941 bits per heavy atom. The van der Waals surface area contributed by atoms with Crippen LogP contribution in [0.4, 0.5) is 3.89 Å². The quantitative estimate of drug-likeness (QED) is 0.787. The fraction of sp³-hybridized carbons (Fsp3) is 0.0833. The Kier molecular flexibility index (Phi) is 3.19. The average Bonchev–Trinajstić information content (AvgIpc) is 2.30. The van der Waals surface area contributed by atoms with Gasteiger partial charge in [-0.3, -0.25) is 4.98 Å². The van der Waals surface area contributed by atoms with E-state index in [4.69, 9.17) is 0 Å². The van der Waals surface area contributed by atoms with Crippen LogP contribution in [0, 0.1) is 0 Å². The van der Waals surface area contributed by atoms with Crippen molar-refractivity contribution in [2.45, 2.75) is 5.25 Å². The maximum Gasteiger partial charge on any atom is 0.313 e. The summed E-state index contributed by atoms with van der Waals surface area (Å²) in [5, 5.41) is -1.29. The van der Waals surface area contributed by atoms with Gasteiger partial charge in [0.05, 0.1) is 0 Å². The SMILES string of the molecule is O=S(=O)(F)C(c1ccccc1)c1ccncc1. The molecule has 0 spiro atoms. The first kappa shape index (κ1) is 11.7. The first-order chi connectivity index (χ1) is 8.09. The molecule has 1 aromatic heterocycles. The average molecular weight is 251 g/mol. The number of rotatable bonds is 3. The maximum atomic E-state index is 13.4. The number of halogens is 1. The minimum atomic E-state index is -4.70. The highest BCUT2D eigenvalue weighted by Gasteiger charge is 2.28. The summed E-state index contributed by atoms with van der Waals surface area (Å²) in [6.07, 6.45) is 2.88. The lowest BCUT2D eigenvalue weighted by atomic mass is 10.1. The van der Waals surface area contributed by atoms with Gasteiger partial charge in [-0.25, -0.2) is 0 Å². The van der Waals surface area contributed by atoms with Crippen molar-refractivity contribution in [3.63, 3.8) is 0 Å². The molecule has 2 rings (SSSR count). The summed E-state index contributed by atoms with van der Waals surface area (Å²) in [5.41, 5.74) is 0.773. The van der Waals surface area contributed by atoms with Gasteiger partial charge in [0.25, 0.3) is 0 Å². The van der Waals surface area contributed by atoms with Gasteiger partial charge >= 0.3 is 10.2 Å². The summed E-state index contributed by atoms with van der Waals surface area (Å²) >= 11 is 0. The Labute approximate surface area is 99.2 Å². The Balaban J connectivity index is 2.56. The van der Waals surface area contributed by atoms with E-state index in [9.17, 15) is 12.3 Å². The largest absolute Gasteiger partial charge is 0.313 e. The monoisotopic (exact) mass is 251 g/mol. The molecule has 0 radical (unpaired) electrons. The van der Waals surface area contributed by atoms with Crippen LogP contribution in [0.2, 0.25) is 0 Å². The van der Waals surface area contributed by atoms with Crippen molar-refractivity contribution in [2.75, 3.05) is 0 Å². The van der Waals surface area contributed by atoms with Crippen LogP contribution < -0.4 is 0 Å². The lowest BCUT2D eigenvalue weighted by Crippen LogP contribution is -2.09. The van der Waals surface area contributed by atoms with Gasteiger partial charge in [-0.1, -0.05) is 30.3 Å². The molecule has 17 heavy (non-hydrogen) atoms. The first-order valence-electron chi connectivity index (χ1n) is 4.97. The second-order valence-corrected chi connectivity index (χ2v) is 4.97. The van der Waals surface area contributed by atoms with E-state index in [-0.39, 0.29) is 0 Å². The number of benzene rings is 1. The Hall–Kier alpha value is -1.75. The van der Waals surface area contributed by atoms with Crippen LogP contribution in [0.1, 0.15) is 16.4 Å². The summed E-state index contributed by atoms with van der Waals surface area (Å²) in [6, 6.07) is 11.3. The molecule has 0 bridgehead atoms. The van der Waals surface area contributed by atoms with E-state index in [0.29, 0.717) is 11.1 Å². The lowest BCUT2D eigenvalue weighted by molar-refractivity contribution is 0.544. The number of pyridine rings is 1. The van der Waals surface area contributed by atoms with E-state index in [1.807, 2.05) is 0 Å². The van der Waals surface area contributed by atoms with Gasteiger partial charge in [0.15, 0.2) is 0 Å². The van der Waals surface area contributed by atoms with Crippen LogP contribution in [0.3, 0.4) is 0 Å². The maximum absolute atomic E-state index is 13.4. The van der Waals surface area contributed by atoms with Crippen LogP contribution in [0.5, 0.6) is 0 Å². The van der Waals surface area contributed by atoms with Crippen LogP contribution in [-0.4, -0.2) is 13.4 Å². The molecule has 0 amide bonds. The van der Waals surface area contributed by atoms with Gasteiger partial charge in [0, 0.05) is 12.4 Å². The molecule has 0 fully saturated rings. The smallest absolute Gasteiger partial charge is 0.265 e. The summed E-state index contributed by atoms with van der Waals surface area (Å²) in [5.74, 6) is 0. The predicted octanol–water partition coefficient (Wildman–Crippen LogP) is 2.47. The zero-order valence-electron chi connectivity index (χ0n) is 8.82. The summed E-state index contributed by atoms with van der Waals surface area (Å²) < 4.78 is 35.9. The van der Waals surface area contributed by atoms with E-state index < -0.39 is 15.5 Å². The third-order valence-corrected chi connectivity index (χ3v) is 3.50. The molecule has 0 aliphatic rings. The van der Waals surface area contributed by atoms with Crippen molar-refractivity contribution in [1.29, 1.82) is 0 Å². The van der Waals surface area contributed by atoms with E-state index in [2.05, 4.69) is 4.98 Å². The highest BCUT2D eigenvalue weighted by molar-refractivity contribution is 7.86. The van der Waals surface area contributed by atoms with Crippen molar-refractivity contribution >= 4 is 10.2 Å². The normalized spacial score (nSPS) is 13.2. The van der Waals surface area contributed by atoms with E-state index in [0.717, 1.165) is 0 Å². The topological polar surface area (TPSA) is 47.0 Å². The van der Waals surface area contributed by atoms with Crippen molar-refractivity contribution in [3.05, 3.63) is 66.0 Å². The molecule has 2 aromatic rings. The molecule has 5 heteroatoms. The van der Waals surface area contributed by atoms with Crippen LogP contribution in [0.15, 0.2) is 54.9 Å². The van der Waals surface area contributed by atoms with E-state index in [1.54, 1.807) is 30.3 Å². The molecule has 0 aliphatic carbocycles. The van der Waals surface area contributed by atoms with Crippen molar-refractivity contribution < 1.29 is 12.3 Å². The molecule has 0 N–H and O–H groups in total. The van der Waals surface area contributed by atoms with Crippen LogP contribution in [0.25, 0.3) is 0 Å². The van der Waals surface area contributed by atoms with Gasteiger partial charge in [0.2, 0.25) is 0 Å². The van der Waals surface area contributed by atoms with E-state index in [1.165, 1.54) is 24.5 Å². The van der Waals surface area contributed by atoms with E-state index >= 15 is 0 Å². The van der Waals surface area contributed by atoms with Crippen molar-refractivity contribution in [2.24, 2.45) is 0 Å². The highest BCUT2D eigenvalue weighted by atomic mass is 32.3. The summed E-state index contributed by atoms with van der Waals surface area (Å²) in [7, 11) is -4.70. The van der Waals surface area contributed by atoms with Crippen molar-refractivity contribution in [3.8, 4) is 0 Å². The van der Waals surface area contributed by atoms with Crippen LogP contribution in [-0.2, 0) is 10.2 Å². The van der Waals surface area contributed by atoms with Gasteiger partial charge in [-0.2, -0.15) is 8.42 Å². The molecular formula is C12H10FNO2S. The molecule has 0 saturated carbocycles. The molecule has 1 unspecified atom stereocenters. The van der Waals surface area contributed by atoms with Crippen LogP contribution >= 0.6 is 0 Å². The number of hydrogen-bond donors (Lipinski definition) is 0. The highest BCUT2D eigenvalue weighted by Crippen LogP contribution is 2.30. The van der Waals surface area contributed by atoms with Gasteiger partial charge in [-0.15, -0.1) is 3.89 Å². The fourth-order valence-corrected chi connectivity index (χ4v) is 2.65. The molecule has 3 nitrogen and oxygen atoms in total. The van der Waals surface area contributed by atoms with Gasteiger partial charge in [-0.05, 0) is 23.3 Å². The van der Waals surface area contributed by atoms with Crippen molar-refractivity contribution in [1.82, 2.24) is 4.98 Å². The molecule has 1 atom stereocenters. The minimum Gasteiger partial charge on any atom is -0.265 e. The molecule has 1 heterocycles. The summed E-state index contributed by atoms with van der Waals surface area (Å²) in [4.78, 5) is 3.79. The lowest BCUT2D eigenvalue weighted by Gasteiger charge is -2.12. The zero-order valence-corrected chi connectivity index (χ0v) is 9.64. The zero-order chi connectivity index (χ0) is 12.3. The fourth-order valence-electron chi connectivity index (χ4n) is 1.68. The third-order valence-electron chi connectivity index (χ3n) is 2.39.